The summed E-state index contributed by atoms with van der Waals surface area (Å²) in [5, 5.41) is 4.37. The Morgan fingerprint density at radius 2 is 1.88 bits per heavy atom. The van der Waals surface area contributed by atoms with Crippen LogP contribution in [0, 0.1) is 6.92 Å². The van der Waals surface area contributed by atoms with Gasteiger partial charge < -0.3 is 24.3 Å². The molecule has 2 amide bonds. The first-order chi connectivity index (χ1) is 16.5. The third kappa shape index (κ3) is 3.89. The van der Waals surface area contributed by atoms with Gasteiger partial charge in [-0.15, -0.1) is 0 Å². The Balaban J connectivity index is 1.43. The van der Waals surface area contributed by atoms with Crippen LogP contribution in [0.1, 0.15) is 47.4 Å². The molecule has 2 aliphatic rings. The second-order valence-corrected chi connectivity index (χ2v) is 8.72. The summed E-state index contributed by atoms with van der Waals surface area (Å²) in [6.45, 7) is 5.09. The molecular weight excluding hydrogens is 434 g/mol. The molecule has 0 aliphatic carbocycles. The van der Waals surface area contributed by atoms with E-state index in [0.717, 1.165) is 22.2 Å². The van der Waals surface area contributed by atoms with Crippen LogP contribution in [0.5, 0.6) is 0 Å². The van der Waals surface area contributed by atoms with Gasteiger partial charge in [0, 0.05) is 53.5 Å². The van der Waals surface area contributed by atoms with Crippen LogP contribution in [0.25, 0.3) is 11.0 Å². The smallest absolute Gasteiger partial charge is 0.409 e. The van der Waals surface area contributed by atoms with E-state index >= 15 is 0 Å². The van der Waals surface area contributed by atoms with Gasteiger partial charge in [0.2, 0.25) is 0 Å². The molecule has 2 aliphatic heterocycles. The van der Waals surface area contributed by atoms with Gasteiger partial charge in [0.1, 0.15) is 11.7 Å². The van der Waals surface area contributed by atoms with Gasteiger partial charge in [0.15, 0.2) is 0 Å². The largest absolute Gasteiger partial charge is 0.450 e. The van der Waals surface area contributed by atoms with Crippen molar-refractivity contribution in [3.05, 3.63) is 75.6 Å². The standard InChI is InChI=1S/C26H27N3O5/c1-3-33-26(32)28-12-10-18(11-13-28)29-24(20-6-4-5-7-21(20)25(29)31)27-17-8-9-19-16(2)14-23(30)34-22(19)15-17/h4-9,14-15,18,24,27H,3,10-13H2,1-2H3/t24-/m1/s1. The molecule has 3 heterocycles. The Labute approximate surface area is 197 Å². The highest BCUT2D eigenvalue weighted by Gasteiger charge is 2.42. The van der Waals surface area contributed by atoms with Gasteiger partial charge in [-0.3, -0.25) is 4.79 Å². The maximum Gasteiger partial charge on any atom is 0.409 e. The summed E-state index contributed by atoms with van der Waals surface area (Å²) < 4.78 is 10.5. The summed E-state index contributed by atoms with van der Waals surface area (Å²) in [4.78, 5) is 41.0. The molecule has 0 bridgehead atoms. The number of likely N-dealkylation sites (tertiary alicyclic amines) is 1. The van der Waals surface area contributed by atoms with E-state index in [1.165, 1.54) is 6.07 Å². The van der Waals surface area contributed by atoms with Crippen LogP contribution in [0.15, 0.2) is 57.7 Å². The van der Waals surface area contributed by atoms with Crippen molar-refractivity contribution in [3.8, 4) is 0 Å². The Hall–Kier alpha value is -3.81. The number of nitrogens with one attached hydrogen (secondary N) is 1. The molecule has 1 saturated heterocycles. The lowest BCUT2D eigenvalue weighted by Crippen LogP contribution is -2.49. The number of fused-ring (bicyclic) bond motifs is 2. The van der Waals surface area contributed by atoms with E-state index < -0.39 is 5.63 Å². The zero-order valence-corrected chi connectivity index (χ0v) is 19.2. The van der Waals surface area contributed by atoms with Crippen LogP contribution >= 0.6 is 0 Å². The molecule has 176 valence electrons. The molecule has 0 spiro atoms. The number of piperidine rings is 1. The van der Waals surface area contributed by atoms with E-state index in [2.05, 4.69) is 5.32 Å². The first-order valence-electron chi connectivity index (χ1n) is 11.6. The summed E-state index contributed by atoms with van der Waals surface area (Å²) in [6.07, 6.45) is 0.668. The zero-order chi connectivity index (χ0) is 23.8. The maximum absolute atomic E-state index is 13.4. The average molecular weight is 462 g/mol. The summed E-state index contributed by atoms with van der Waals surface area (Å²) in [6, 6.07) is 14.7. The summed E-state index contributed by atoms with van der Waals surface area (Å²) in [5.41, 5.74) is 3.31. The normalized spacial score (nSPS) is 18.3. The number of carbonyl (C=O) groups is 2. The number of aryl methyl sites for hydroxylation is 1. The minimum atomic E-state index is -0.390. The fourth-order valence-electron chi connectivity index (χ4n) is 4.97. The van der Waals surface area contributed by atoms with E-state index in [1.807, 2.05) is 48.2 Å². The predicted molar refractivity (Wildman–Crippen MR) is 128 cm³/mol. The molecular formula is C26H27N3O5. The van der Waals surface area contributed by atoms with Gasteiger partial charge in [0.05, 0.1) is 6.61 Å². The van der Waals surface area contributed by atoms with Crippen LogP contribution in [-0.4, -0.2) is 47.5 Å². The zero-order valence-electron chi connectivity index (χ0n) is 19.2. The Bertz CT molecular complexity index is 1310. The lowest BCUT2D eigenvalue weighted by molar-refractivity contribution is 0.0496. The molecule has 1 fully saturated rings. The molecule has 1 atom stereocenters. The molecule has 1 N–H and O–H groups in total. The summed E-state index contributed by atoms with van der Waals surface area (Å²) in [5.74, 6) is -0.0224. The number of nitrogens with zero attached hydrogens (tertiary/aromatic N) is 2. The average Bonchev–Trinajstić information content (AvgIpc) is 3.10. The highest BCUT2D eigenvalue weighted by molar-refractivity contribution is 6.00. The first-order valence-corrected chi connectivity index (χ1v) is 11.6. The SMILES string of the molecule is CCOC(=O)N1CCC(N2C(=O)c3ccccc3[C@@H]2Nc2ccc3c(C)cc(=O)oc3c2)CC1. The van der Waals surface area contributed by atoms with Gasteiger partial charge in [-0.05, 0) is 50.5 Å². The van der Waals surface area contributed by atoms with Crippen molar-refractivity contribution in [1.82, 2.24) is 9.80 Å². The molecule has 2 aromatic carbocycles. The van der Waals surface area contributed by atoms with Crippen molar-refractivity contribution < 1.29 is 18.7 Å². The van der Waals surface area contributed by atoms with E-state index in [1.54, 1.807) is 17.9 Å². The van der Waals surface area contributed by atoms with E-state index in [-0.39, 0.29) is 24.2 Å². The van der Waals surface area contributed by atoms with E-state index in [0.29, 0.717) is 43.7 Å². The van der Waals surface area contributed by atoms with Crippen LogP contribution < -0.4 is 10.9 Å². The van der Waals surface area contributed by atoms with Gasteiger partial charge in [-0.1, -0.05) is 18.2 Å². The third-order valence-electron chi connectivity index (χ3n) is 6.64. The second kappa shape index (κ2) is 8.85. The predicted octanol–water partition coefficient (Wildman–Crippen LogP) is 4.29. The second-order valence-electron chi connectivity index (χ2n) is 8.72. The molecule has 5 rings (SSSR count). The van der Waals surface area contributed by atoms with Crippen LogP contribution in [0.3, 0.4) is 0 Å². The molecule has 8 nitrogen and oxygen atoms in total. The molecule has 3 aromatic rings. The molecule has 0 radical (unpaired) electrons. The first kappa shape index (κ1) is 22.0. The van der Waals surface area contributed by atoms with Gasteiger partial charge in [-0.2, -0.15) is 0 Å². The Kier molecular flexibility index (Phi) is 5.73. The van der Waals surface area contributed by atoms with E-state index in [4.69, 9.17) is 9.15 Å². The topological polar surface area (TPSA) is 92.1 Å². The molecule has 1 aromatic heterocycles. The van der Waals surface area contributed by atoms with Crippen molar-refractivity contribution in [3.63, 3.8) is 0 Å². The lowest BCUT2D eigenvalue weighted by Gasteiger charge is -2.39. The van der Waals surface area contributed by atoms with Crippen LogP contribution in [0.2, 0.25) is 0 Å². The van der Waals surface area contributed by atoms with E-state index in [9.17, 15) is 14.4 Å². The Morgan fingerprint density at radius 3 is 2.65 bits per heavy atom. The number of benzene rings is 2. The fourth-order valence-corrected chi connectivity index (χ4v) is 4.97. The van der Waals surface area contributed by atoms with Crippen LogP contribution in [-0.2, 0) is 4.74 Å². The molecule has 0 saturated carbocycles. The highest BCUT2D eigenvalue weighted by atomic mass is 16.6. The number of rotatable bonds is 4. The maximum atomic E-state index is 13.4. The number of hydrogen-bond acceptors (Lipinski definition) is 6. The Morgan fingerprint density at radius 1 is 1.12 bits per heavy atom. The van der Waals surface area contributed by atoms with Gasteiger partial charge in [-0.25, -0.2) is 9.59 Å². The fraction of sp³-hybridized carbons (Fsp3) is 0.346. The number of amides is 2. The van der Waals surface area contributed by atoms with Crippen molar-refractivity contribution in [2.45, 2.75) is 38.9 Å². The molecule has 0 unspecified atom stereocenters. The monoisotopic (exact) mass is 461 g/mol. The number of ether oxygens (including phenoxy) is 1. The van der Waals surface area contributed by atoms with Crippen molar-refractivity contribution >= 4 is 28.7 Å². The summed E-state index contributed by atoms with van der Waals surface area (Å²) in [7, 11) is 0. The number of anilines is 1. The number of hydrogen-bond donors (Lipinski definition) is 1. The minimum absolute atomic E-state index is 0.0224. The quantitative estimate of drug-likeness (QED) is 0.583. The minimum Gasteiger partial charge on any atom is -0.450 e. The third-order valence-corrected chi connectivity index (χ3v) is 6.64. The van der Waals surface area contributed by atoms with Gasteiger partial charge in [0.25, 0.3) is 5.91 Å². The van der Waals surface area contributed by atoms with Crippen molar-refractivity contribution in [1.29, 1.82) is 0 Å². The van der Waals surface area contributed by atoms with Crippen molar-refractivity contribution in [2.24, 2.45) is 0 Å². The van der Waals surface area contributed by atoms with Crippen LogP contribution in [0.4, 0.5) is 10.5 Å². The highest BCUT2D eigenvalue weighted by Crippen LogP contribution is 2.38. The van der Waals surface area contributed by atoms with Gasteiger partial charge >= 0.3 is 11.7 Å². The lowest BCUT2D eigenvalue weighted by atomic mass is 10.0. The molecule has 34 heavy (non-hydrogen) atoms. The van der Waals surface area contributed by atoms with Crippen molar-refractivity contribution in [2.75, 3.05) is 25.0 Å². The number of carbonyl (C=O) groups excluding carboxylic acids is 2. The molecule has 8 heteroatoms. The summed E-state index contributed by atoms with van der Waals surface area (Å²) >= 11 is 0.